The Hall–Kier alpha value is -0.810. The van der Waals surface area contributed by atoms with Gasteiger partial charge in [-0.15, -0.1) is 0 Å². The molecule has 1 unspecified atom stereocenters. The number of halogens is 2. The van der Waals surface area contributed by atoms with E-state index in [0.717, 1.165) is 13.0 Å². The van der Waals surface area contributed by atoms with Gasteiger partial charge >= 0.3 is 0 Å². The minimum Gasteiger partial charge on any atom is -0.387 e. The van der Waals surface area contributed by atoms with E-state index in [9.17, 15) is 9.90 Å². The van der Waals surface area contributed by atoms with Crippen LogP contribution in [0.25, 0.3) is 0 Å². The molecule has 112 valence electrons. The van der Waals surface area contributed by atoms with E-state index in [1.165, 1.54) is 0 Å². The molecule has 0 heterocycles. The Bertz CT molecular complexity index is 455. The summed E-state index contributed by atoms with van der Waals surface area (Å²) >= 11 is 11.9. The Morgan fingerprint density at radius 3 is 2.70 bits per heavy atom. The number of likely N-dealkylation sites (N-methyl/N-ethyl adjacent to an activating group) is 1. The van der Waals surface area contributed by atoms with Crippen molar-refractivity contribution in [3.63, 3.8) is 0 Å². The summed E-state index contributed by atoms with van der Waals surface area (Å²) in [6.07, 6.45) is 0.147. The molecule has 6 heteroatoms. The van der Waals surface area contributed by atoms with Gasteiger partial charge in [0.25, 0.3) is 0 Å². The van der Waals surface area contributed by atoms with Crippen LogP contribution in [-0.4, -0.2) is 42.6 Å². The van der Waals surface area contributed by atoms with Gasteiger partial charge in [-0.3, -0.25) is 9.69 Å². The Kier molecular flexibility index (Phi) is 7.30. The highest BCUT2D eigenvalue weighted by Gasteiger charge is 2.17. The molecule has 20 heavy (non-hydrogen) atoms. The lowest BCUT2D eigenvalue weighted by molar-refractivity contribution is -0.122. The van der Waals surface area contributed by atoms with Crippen LogP contribution in [-0.2, 0) is 4.79 Å². The van der Waals surface area contributed by atoms with Crippen LogP contribution in [0, 0.1) is 0 Å². The predicted octanol–water partition coefficient (Wildman–Crippen LogP) is 2.48. The van der Waals surface area contributed by atoms with E-state index < -0.39 is 6.10 Å². The molecule has 0 aliphatic rings. The van der Waals surface area contributed by atoms with Crippen molar-refractivity contribution in [1.82, 2.24) is 10.2 Å². The maximum absolute atomic E-state index is 11.4. The summed E-state index contributed by atoms with van der Waals surface area (Å²) in [5.41, 5.74) is 0.620. The summed E-state index contributed by atoms with van der Waals surface area (Å²) in [4.78, 5) is 13.3. The summed E-state index contributed by atoms with van der Waals surface area (Å²) in [6, 6.07) is 5.00. The smallest absolute Gasteiger partial charge is 0.233 e. The minimum absolute atomic E-state index is 0.0761. The summed E-state index contributed by atoms with van der Waals surface area (Å²) in [6.45, 7) is 3.36. The second kappa shape index (κ2) is 8.47. The van der Waals surface area contributed by atoms with Gasteiger partial charge in [0.2, 0.25) is 5.91 Å². The molecule has 0 saturated carbocycles. The molecule has 2 N–H and O–H groups in total. The second-order valence-electron chi connectivity index (χ2n) is 4.59. The summed E-state index contributed by atoms with van der Waals surface area (Å²) < 4.78 is 0. The maximum atomic E-state index is 11.4. The first kappa shape index (κ1) is 17.2. The van der Waals surface area contributed by atoms with Gasteiger partial charge in [0, 0.05) is 29.2 Å². The average Bonchev–Trinajstić information content (AvgIpc) is 2.38. The highest BCUT2D eigenvalue weighted by Crippen LogP contribution is 2.26. The van der Waals surface area contributed by atoms with Gasteiger partial charge in [-0.2, -0.15) is 0 Å². The van der Waals surface area contributed by atoms with Crippen LogP contribution in [0.5, 0.6) is 0 Å². The molecule has 1 atom stereocenters. The number of benzene rings is 1. The first-order valence-corrected chi connectivity index (χ1v) is 7.29. The van der Waals surface area contributed by atoms with Gasteiger partial charge in [0.05, 0.1) is 12.6 Å². The van der Waals surface area contributed by atoms with Gasteiger partial charge < -0.3 is 10.4 Å². The zero-order valence-electron chi connectivity index (χ0n) is 11.7. The number of hydrogen-bond acceptors (Lipinski definition) is 3. The minimum atomic E-state index is -0.754. The van der Waals surface area contributed by atoms with Crippen molar-refractivity contribution >= 4 is 29.1 Å². The van der Waals surface area contributed by atoms with Gasteiger partial charge in [0.1, 0.15) is 0 Å². The van der Waals surface area contributed by atoms with E-state index in [-0.39, 0.29) is 12.5 Å². The maximum Gasteiger partial charge on any atom is 0.233 e. The molecule has 0 radical (unpaired) electrons. The van der Waals surface area contributed by atoms with Gasteiger partial charge in [0.15, 0.2) is 0 Å². The van der Waals surface area contributed by atoms with Crippen molar-refractivity contribution in [2.75, 3.05) is 26.7 Å². The van der Waals surface area contributed by atoms with E-state index in [4.69, 9.17) is 23.2 Å². The number of aliphatic hydroxyl groups excluding tert-OH is 1. The van der Waals surface area contributed by atoms with Crippen molar-refractivity contribution in [3.05, 3.63) is 33.8 Å². The van der Waals surface area contributed by atoms with E-state index in [1.807, 2.05) is 11.8 Å². The summed E-state index contributed by atoms with van der Waals surface area (Å²) in [5.74, 6) is -0.0761. The van der Waals surface area contributed by atoms with Crippen LogP contribution in [0.1, 0.15) is 25.0 Å². The molecule has 0 bridgehead atoms. The molecule has 0 aromatic heterocycles. The third-order valence-electron chi connectivity index (χ3n) is 2.94. The molecule has 1 aromatic carbocycles. The number of hydrogen-bond donors (Lipinski definition) is 2. The van der Waals surface area contributed by atoms with Crippen LogP contribution in [0.2, 0.25) is 10.0 Å². The largest absolute Gasteiger partial charge is 0.387 e. The first-order chi connectivity index (χ1) is 9.47. The topological polar surface area (TPSA) is 52.6 Å². The Morgan fingerprint density at radius 1 is 1.45 bits per heavy atom. The van der Waals surface area contributed by atoms with Crippen LogP contribution in [0.4, 0.5) is 0 Å². The summed E-state index contributed by atoms with van der Waals surface area (Å²) in [5, 5.41) is 13.8. The zero-order valence-corrected chi connectivity index (χ0v) is 13.2. The van der Waals surface area contributed by atoms with Crippen LogP contribution in [0.15, 0.2) is 18.2 Å². The lowest BCUT2D eigenvalue weighted by atomic mass is 10.1. The number of nitrogens with one attached hydrogen (secondary N) is 1. The van der Waals surface area contributed by atoms with Gasteiger partial charge in [-0.1, -0.05) is 36.2 Å². The highest BCUT2D eigenvalue weighted by molar-refractivity contribution is 6.35. The number of carbonyl (C=O) groups excluding carboxylic acids is 1. The van der Waals surface area contributed by atoms with Crippen molar-refractivity contribution in [3.8, 4) is 0 Å². The van der Waals surface area contributed by atoms with Crippen LogP contribution < -0.4 is 5.32 Å². The van der Waals surface area contributed by atoms with Crippen molar-refractivity contribution < 1.29 is 9.90 Å². The molecule has 1 aromatic rings. The lowest BCUT2D eigenvalue weighted by Crippen LogP contribution is -2.38. The predicted molar refractivity (Wildman–Crippen MR) is 82.2 cm³/mol. The van der Waals surface area contributed by atoms with Crippen LogP contribution in [0.3, 0.4) is 0 Å². The molecule has 0 spiro atoms. The SMILES string of the molecule is CCCN(CC(=O)NC)CC(O)c1ccc(Cl)cc1Cl. The Morgan fingerprint density at radius 2 is 2.15 bits per heavy atom. The van der Waals surface area contributed by atoms with Crippen LogP contribution >= 0.6 is 23.2 Å². The van der Waals surface area contributed by atoms with E-state index in [0.29, 0.717) is 22.2 Å². The fourth-order valence-corrected chi connectivity index (χ4v) is 2.48. The number of amides is 1. The number of nitrogens with zero attached hydrogens (tertiary/aromatic N) is 1. The average molecular weight is 319 g/mol. The lowest BCUT2D eigenvalue weighted by Gasteiger charge is -2.24. The third-order valence-corrected chi connectivity index (χ3v) is 3.50. The first-order valence-electron chi connectivity index (χ1n) is 6.53. The number of rotatable bonds is 7. The molecule has 0 fully saturated rings. The standard InChI is InChI=1S/C14H20Cl2N2O2/c1-3-6-18(9-14(20)17-2)8-13(19)11-5-4-10(15)7-12(11)16/h4-5,7,13,19H,3,6,8-9H2,1-2H3,(H,17,20). The molecule has 0 aliphatic carbocycles. The molecular weight excluding hydrogens is 299 g/mol. The highest BCUT2D eigenvalue weighted by atomic mass is 35.5. The fourth-order valence-electron chi connectivity index (χ4n) is 1.95. The second-order valence-corrected chi connectivity index (χ2v) is 5.43. The molecule has 0 aliphatic heterocycles. The number of aliphatic hydroxyl groups is 1. The molecule has 0 saturated heterocycles. The molecule has 4 nitrogen and oxygen atoms in total. The van der Waals surface area contributed by atoms with Crippen molar-refractivity contribution in [2.45, 2.75) is 19.4 Å². The molecule has 1 amide bonds. The third kappa shape index (κ3) is 5.29. The van der Waals surface area contributed by atoms with E-state index in [2.05, 4.69) is 5.32 Å². The number of carbonyl (C=O) groups is 1. The summed E-state index contributed by atoms with van der Waals surface area (Å²) in [7, 11) is 1.60. The quantitative estimate of drug-likeness (QED) is 0.812. The monoisotopic (exact) mass is 318 g/mol. The normalized spacial score (nSPS) is 12.5. The zero-order chi connectivity index (χ0) is 15.1. The Balaban J connectivity index is 2.73. The van der Waals surface area contributed by atoms with Gasteiger partial charge in [-0.25, -0.2) is 0 Å². The van der Waals surface area contributed by atoms with Crippen molar-refractivity contribution in [2.24, 2.45) is 0 Å². The van der Waals surface area contributed by atoms with E-state index >= 15 is 0 Å². The van der Waals surface area contributed by atoms with Crippen molar-refractivity contribution in [1.29, 1.82) is 0 Å². The fraction of sp³-hybridized carbons (Fsp3) is 0.500. The Labute approximate surface area is 129 Å². The molecular formula is C14H20Cl2N2O2. The van der Waals surface area contributed by atoms with E-state index in [1.54, 1.807) is 25.2 Å². The molecule has 1 rings (SSSR count). The van der Waals surface area contributed by atoms with Gasteiger partial charge in [-0.05, 0) is 25.1 Å².